The van der Waals surface area contributed by atoms with Gasteiger partial charge in [0.05, 0.1) is 5.69 Å². The Hall–Kier alpha value is -5.81. The monoisotopic (exact) mass is 554 g/mol. The second-order valence-corrected chi connectivity index (χ2v) is 10.5. The molecule has 7 aromatic rings. The van der Waals surface area contributed by atoms with Crippen LogP contribution in [-0.2, 0) is 0 Å². The van der Waals surface area contributed by atoms with Crippen LogP contribution in [0.4, 0.5) is 5.69 Å². The third-order valence-corrected chi connectivity index (χ3v) is 7.78. The van der Waals surface area contributed by atoms with E-state index in [-0.39, 0.29) is 6.23 Å². The fourth-order valence-electron chi connectivity index (χ4n) is 5.56. The largest absolute Gasteiger partial charge is 0.464 e. The Bertz CT molecular complexity index is 2060. The van der Waals surface area contributed by atoms with Crippen LogP contribution in [0.2, 0.25) is 0 Å². The highest BCUT2D eigenvalue weighted by Crippen LogP contribution is 2.43. The molecule has 0 fully saturated rings. The Morgan fingerprint density at radius 2 is 0.977 bits per heavy atom. The average molecular weight is 555 g/mol. The average Bonchev–Trinajstić information content (AvgIpc) is 3.54. The molecule has 204 valence electrons. The second kappa shape index (κ2) is 10.5. The van der Waals surface area contributed by atoms with Crippen molar-refractivity contribution in [1.82, 2.24) is 15.0 Å². The fraction of sp³-hybridized carbons (Fsp3) is 0.0263. The first-order valence-electron chi connectivity index (χ1n) is 14.3. The number of hydrogen-bond acceptors (Lipinski definition) is 5. The zero-order valence-corrected chi connectivity index (χ0v) is 23.2. The summed E-state index contributed by atoms with van der Waals surface area (Å²) in [5.74, 6) is 2.76. The van der Waals surface area contributed by atoms with Crippen LogP contribution in [-0.4, -0.2) is 15.0 Å². The van der Waals surface area contributed by atoms with Gasteiger partial charge in [-0.15, -0.1) is 0 Å². The van der Waals surface area contributed by atoms with E-state index in [0.717, 1.165) is 50.0 Å². The quantitative estimate of drug-likeness (QED) is 0.230. The Labute approximate surface area is 249 Å². The van der Waals surface area contributed by atoms with E-state index >= 15 is 0 Å². The Morgan fingerprint density at radius 1 is 0.465 bits per heavy atom. The van der Waals surface area contributed by atoms with Gasteiger partial charge in [0.25, 0.3) is 0 Å². The van der Waals surface area contributed by atoms with E-state index < -0.39 is 0 Å². The number of nitrogens with one attached hydrogen (secondary N) is 1. The minimum atomic E-state index is -0.214. The molecule has 0 amide bonds. The molecule has 0 saturated heterocycles. The third-order valence-electron chi connectivity index (χ3n) is 7.78. The Kier molecular flexibility index (Phi) is 6.12. The molecule has 6 aromatic carbocycles. The maximum absolute atomic E-state index is 6.24. The minimum absolute atomic E-state index is 0.214. The van der Waals surface area contributed by atoms with Gasteiger partial charge in [0.1, 0.15) is 5.75 Å². The van der Waals surface area contributed by atoms with Crippen molar-refractivity contribution >= 4 is 16.5 Å². The van der Waals surface area contributed by atoms with Gasteiger partial charge in [-0.1, -0.05) is 133 Å². The fourth-order valence-corrected chi connectivity index (χ4v) is 5.56. The molecular weight excluding hydrogens is 528 g/mol. The smallest absolute Gasteiger partial charge is 0.196 e. The van der Waals surface area contributed by atoms with Crippen molar-refractivity contribution in [3.05, 3.63) is 151 Å². The Morgan fingerprint density at radius 3 is 1.65 bits per heavy atom. The van der Waals surface area contributed by atoms with Gasteiger partial charge >= 0.3 is 0 Å². The summed E-state index contributed by atoms with van der Waals surface area (Å²) >= 11 is 0. The number of benzene rings is 6. The van der Waals surface area contributed by atoms with E-state index in [1.165, 1.54) is 5.56 Å². The molecule has 43 heavy (non-hydrogen) atoms. The molecule has 8 rings (SSSR count). The van der Waals surface area contributed by atoms with Gasteiger partial charge in [0.2, 0.25) is 0 Å². The summed E-state index contributed by atoms with van der Waals surface area (Å²) in [5.41, 5.74) is 7.22. The van der Waals surface area contributed by atoms with E-state index in [0.29, 0.717) is 17.5 Å². The van der Waals surface area contributed by atoms with Gasteiger partial charge in [-0.3, -0.25) is 0 Å². The topological polar surface area (TPSA) is 59.9 Å². The number of hydrogen-bond donors (Lipinski definition) is 1. The molecule has 0 radical (unpaired) electrons. The molecule has 1 aliphatic heterocycles. The number of aromatic nitrogens is 3. The number of rotatable bonds is 5. The molecule has 0 saturated carbocycles. The summed E-state index contributed by atoms with van der Waals surface area (Å²) in [4.78, 5) is 14.8. The molecular formula is C38H26N4O. The summed E-state index contributed by atoms with van der Waals surface area (Å²) in [6.45, 7) is 0. The molecule has 1 N–H and O–H groups in total. The lowest BCUT2D eigenvalue weighted by Gasteiger charge is -2.11. The van der Waals surface area contributed by atoms with Gasteiger partial charge in [-0.05, 0) is 28.6 Å². The highest BCUT2D eigenvalue weighted by atomic mass is 16.5. The van der Waals surface area contributed by atoms with Crippen LogP contribution in [0.25, 0.3) is 56.1 Å². The summed E-state index contributed by atoms with van der Waals surface area (Å²) < 4.78 is 6.24. The zero-order valence-electron chi connectivity index (χ0n) is 23.2. The van der Waals surface area contributed by atoms with Crippen LogP contribution in [0.1, 0.15) is 11.8 Å². The van der Waals surface area contributed by atoms with Crippen molar-refractivity contribution in [1.29, 1.82) is 0 Å². The summed E-state index contributed by atoms with van der Waals surface area (Å²) in [6, 6.07) is 49.5. The number of nitrogens with zero attached hydrogens (tertiary/aromatic N) is 3. The molecule has 1 unspecified atom stereocenters. The molecule has 1 aliphatic rings. The lowest BCUT2D eigenvalue weighted by Crippen LogP contribution is -2.09. The number of fused-ring (bicyclic) bond motifs is 3. The van der Waals surface area contributed by atoms with Crippen molar-refractivity contribution in [2.75, 3.05) is 5.32 Å². The van der Waals surface area contributed by atoms with Gasteiger partial charge in [0.15, 0.2) is 23.7 Å². The van der Waals surface area contributed by atoms with E-state index in [2.05, 4.69) is 90.2 Å². The highest BCUT2D eigenvalue weighted by molar-refractivity contribution is 5.99. The maximum Gasteiger partial charge on any atom is 0.196 e. The van der Waals surface area contributed by atoms with Crippen molar-refractivity contribution in [2.45, 2.75) is 6.23 Å². The van der Waals surface area contributed by atoms with Gasteiger partial charge in [0, 0.05) is 27.6 Å². The summed E-state index contributed by atoms with van der Waals surface area (Å²) in [5, 5.41) is 5.74. The van der Waals surface area contributed by atoms with Crippen molar-refractivity contribution < 1.29 is 4.74 Å². The number of ether oxygens (including phenoxy) is 1. The lowest BCUT2D eigenvalue weighted by atomic mass is 10.0. The molecule has 0 aliphatic carbocycles. The second-order valence-electron chi connectivity index (χ2n) is 10.5. The molecule has 2 heterocycles. The standard InChI is InChI=1S/C38H26N4O/c1-4-10-25(11-5-1)26-16-18-28(19-17-26)36-40-35(27-12-6-2-7-13-27)41-37(42-36)31-20-22-32-30(24-31)21-23-33-34(32)39-38(43-33)29-14-8-3-9-15-29/h1-24,38-39H. The minimum Gasteiger partial charge on any atom is -0.464 e. The first kappa shape index (κ1) is 24.9. The van der Waals surface area contributed by atoms with Crippen LogP contribution >= 0.6 is 0 Å². The van der Waals surface area contributed by atoms with Crippen LogP contribution < -0.4 is 10.1 Å². The van der Waals surface area contributed by atoms with Crippen LogP contribution in [0.15, 0.2) is 146 Å². The molecule has 0 spiro atoms. The summed E-state index contributed by atoms with van der Waals surface area (Å²) in [7, 11) is 0. The maximum atomic E-state index is 6.24. The van der Waals surface area contributed by atoms with E-state index in [4.69, 9.17) is 19.7 Å². The third kappa shape index (κ3) is 4.77. The lowest BCUT2D eigenvalue weighted by molar-refractivity contribution is 0.260. The van der Waals surface area contributed by atoms with Crippen molar-refractivity contribution in [3.63, 3.8) is 0 Å². The van der Waals surface area contributed by atoms with E-state index in [1.54, 1.807) is 0 Å². The summed E-state index contributed by atoms with van der Waals surface area (Å²) in [6.07, 6.45) is -0.214. The molecule has 0 bridgehead atoms. The van der Waals surface area contributed by atoms with Crippen molar-refractivity contribution in [3.8, 4) is 51.0 Å². The van der Waals surface area contributed by atoms with Gasteiger partial charge in [-0.2, -0.15) is 0 Å². The normalized spacial score (nSPS) is 13.7. The molecule has 1 aromatic heterocycles. The van der Waals surface area contributed by atoms with Gasteiger partial charge < -0.3 is 10.1 Å². The van der Waals surface area contributed by atoms with Crippen LogP contribution in [0.3, 0.4) is 0 Å². The first-order chi connectivity index (χ1) is 21.3. The number of anilines is 1. The molecule has 5 nitrogen and oxygen atoms in total. The first-order valence-corrected chi connectivity index (χ1v) is 14.3. The Balaban J connectivity index is 1.19. The molecule has 1 atom stereocenters. The van der Waals surface area contributed by atoms with Crippen LogP contribution in [0, 0.1) is 0 Å². The predicted octanol–water partition coefficient (Wildman–Crippen LogP) is 9.20. The highest BCUT2D eigenvalue weighted by Gasteiger charge is 2.25. The van der Waals surface area contributed by atoms with E-state index in [9.17, 15) is 0 Å². The van der Waals surface area contributed by atoms with Crippen molar-refractivity contribution in [2.24, 2.45) is 0 Å². The van der Waals surface area contributed by atoms with E-state index in [1.807, 2.05) is 60.7 Å². The predicted molar refractivity (Wildman–Crippen MR) is 173 cm³/mol. The zero-order chi connectivity index (χ0) is 28.6. The van der Waals surface area contributed by atoms with Crippen LogP contribution in [0.5, 0.6) is 5.75 Å². The van der Waals surface area contributed by atoms with Gasteiger partial charge in [-0.25, -0.2) is 15.0 Å². The molecule has 5 heteroatoms. The SMILES string of the molecule is c1ccc(-c2ccc(-c3nc(-c4ccccc4)nc(-c4ccc5c6c(ccc5c4)OC(c4ccccc4)N6)n3)cc2)cc1.